The van der Waals surface area contributed by atoms with Crippen LogP contribution in [0.5, 0.6) is 0 Å². The van der Waals surface area contributed by atoms with Crippen molar-refractivity contribution in [2.45, 2.75) is 19.8 Å². The molecule has 1 nitrogen and oxygen atoms in total. The second-order valence-electron chi connectivity index (χ2n) is 3.60. The number of benzene rings is 1. The monoisotopic (exact) mass is 257 g/mol. The number of thiazole rings is 1. The van der Waals surface area contributed by atoms with Gasteiger partial charge < -0.3 is 0 Å². The summed E-state index contributed by atoms with van der Waals surface area (Å²) in [7, 11) is 0. The zero-order chi connectivity index (χ0) is 12.4. The van der Waals surface area contributed by atoms with Crippen LogP contribution in [0.2, 0.25) is 0 Å². The summed E-state index contributed by atoms with van der Waals surface area (Å²) in [6.07, 6.45) is 2.50. The predicted molar refractivity (Wildman–Crippen MR) is 60.6 cm³/mol. The van der Waals surface area contributed by atoms with Gasteiger partial charge in [0.05, 0.1) is 5.01 Å². The molecule has 2 rings (SSSR count). The third-order valence-corrected chi connectivity index (χ3v) is 3.50. The van der Waals surface area contributed by atoms with E-state index in [-0.39, 0.29) is 12.0 Å². The minimum Gasteiger partial charge on any atom is -0.249 e. The molecule has 0 saturated carbocycles. The topological polar surface area (TPSA) is 12.9 Å². The number of aromatic nitrogens is 1. The van der Waals surface area contributed by atoms with E-state index in [0.29, 0.717) is 12.1 Å². The Bertz CT molecular complexity index is 513. The van der Waals surface area contributed by atoms with Gasteiger partial charge in [0.15, 0.2) is 0 Å². The fourth-order valence-corrected chi connectivity index (χ4v) is 2.38. The third kappa shape index (κ3) is 2.66. The Hall–Kier alpha value is -1.36. The van der Waals surface area contributed by atoms with Gasteiger partial charge in [-0.15, -0.1) is 11.3 Å². The van der Waals surface area contributed by atoms with Crippen molar-refractivity contribution >= 4 is 11.3 Å². The summed E-state index contributed by atoms with van der Waals surface area (Å²) in [5, 5.41) is 0.919. The van der Waals surface area contributed by atoms with Crippen LogP contribution in [0.1, 0.15) is 22.4 Å². The predicted octanol–water partition coefficient (Wildman–Crippen LogP) is 3.71. The van der Waals surface area contributed by atoms with E-state index in [1.807, 2.05) is 6.92 Å². The number of halogens is 3. The van der Waals surface area contributed by atoms with Crippen molar-refractivity contribution in [2.24, 2.45) is 0 Å². The van der Waals surface area contributed by atoms with Crippen LogP contribution < -0.4 is 0 Å². The maximum Gasteiger partial charge on any atom is 0.132 e. The molecular formula is C12H10F3NS. The van der Waals surface area contributed by atoms with Gasteiger partial charge in [0.2, 0.25) is 0 Å². The maximum absolute atomic E-state index is 13.4. The molecule has 5 heteroatoms. The molecule has 2 aromatic rings. The van der Waals surface area contributed by atoms with Gasteiger partial charge in [-0.25, -0.2) is 18.2 Å². The van der Waals surface area contributed by atoms with E-state index in [9.17, 15) is 13.2 Å². The largest absolute Gasteiger partial charge is 0.249 e. The van der Waals surface area contributed by atoms with Crippen LogP contribution >= 0.6 is 11.3 Å². The Morgan fingerprint density at radius 1 is 1.18 bits per heavy atom. The van der Waals surface area contributed by atoms with E-state index in [4.69, 9.17) is 0 Å². The molecule has 0 spiro atoms. The molecule has 0 atom stereocenters. The molecule has 1 heterocycles. The molecule has 0 fully saturated rings. The molecule has 0 bridgehead atoms. The number of nitrogens with zero attached hydrogens (tertiary/aromatic N) is 1. The Morgan fingerprint density at radius 2 is 1.82 bits per heavy atom. The lowest BCUT2D eigenvalue weighted by atomic mass is 10.1. The quantitative estimate of drug-likeness (QED) is 0.816. The summed E-state index contributed by atoms with van der Waals surface area (Å²) in [4.78, 5) is 4.88. The van der Waals surface area contributed by atoms with E-state index in [0.717, 1.165) is 16.3 Å². The van der Waals surface area contributed by atoms with Gasteiger partial charge in [0.25, 0.3) is 0 Å². The highest BCUT2D eigenvalue weighted by molar-refractivity contribution is 7.11. The minimum atomic E-state index is -0.901. The van der Waals surface area contributed by atoms with Gasteiger partial charge in [-0.3, -0.25) is 0 Å². The first-order valence-electron chi connectivity index (χ1n) is 5.17. The fraction of sp³-hybridized carbons (Fsp3) is 0.250. The van der Waals surface area contributed by atoms with E-state index in [1.165, 1.54) is 11.3 Å². The van der Waals surface area contributed by atoms with Crippen LogP contribution in [0.3, 0.4) is 0 Å². The lowest BCUT2D eigenvalue weighted by Gasteiger charge is -2.03. The Kier molecular flexibility index (Phi) is 3.47. The van der Waals surface area contributed by atoms with Crippen molar-refractivity contribution in [3.05, 3.63) is 51.2 Å². The van der Waals surface area contributed by atoms with E-state index in [1.54, 1.807) is 6.20 Å². The molecule has 0 aliphatic rings. The SMILES string of the molecule is CCc1ncc(Cc2c(F)cc(F)cc2F)s1. The maximum atomic E-state index is 13.4. The Balaban J connectivity index is 2.29. The van der Waals surface area contributed by atoms with Crippen LogP contribution in [0.25, 0.3) is 0 Å². The standard InChI is InChI=1S/C12H10F3NS/c1-2-12-16-6-8(17-12)5-9-10(14)3-7(13)4-11(9)15/h3-4,6H,2,5H2,1H3. The van der Waals surface area contributed by atoms with Gasteiger partial charge in [-0.05, 0) is 6.42 Å². The molecule has 1 aromatic carbocycles. The van der Waals surface area contributed by atoms with Crippen molar-refractivity contribution < 1.29 is 13.2 Å². The first kappa shape index (κ1) is 12.1. The summed E-state index contributed by atoms with van der Waals surface area (Å²) in [5.74, 6) is -2.61. The van der Waals surface area contributed by atoms with Gasteiger partial charge in [-0.2, -0.15) is 0 Å². The highest BCUT2D eigenvalue weighted by Crippen LogP contribution is 2.22. The summed E-state index contributed by atoms with van der Waals surface area (Å²) in [5.41, 5.74) is -0.113. The number of rotatable bonds is 3. The zero-order valence-electron chi connectivity index (χ0n) is 9.14. The fourth-order valence-electron chi connectivity index (χ4n) is 1.51. The lowest BCUT2D eigenvalue weighted by Crippen LogP contribution is -1.97. The van der Waals surface area contributed by atoms with Crippen LogP contribution in [0.4, 0.5) is 13.2 Å². The van der Waals surface area contributed by atoms with Crippen molar-refractivity contribution in [3.8, 4) is 0 Å². The molecule has 0 aliphatic heterocycles. The molecule has 17 heavy (non-hydrogen) atoms. The van der Waals surface area contributed by atoms with Crippen LogP contribution in [0, 0.1) is 17.5 Å². The second kappa shape index (κ2) is 4.87. The second-order valence-corrected chi connectivity index (χ2v) is 4.80. The average molecular weight is 257 g/mol. The van der Waals surface area contributed by atoms with Crippen molar-refractivity contribution in [2.75, 3.05) is 0 Å². The number of hydrogen-bond donors (Lipinski definition) is 0. The zero-order valence-corrected chi connectivity index (χ0v) is 9.95. The first-order valence-corrected chi connectivity index (χ1v) is 5.98. The van der Waals surface area contributed by atoms with Gasteiger partial charge in [0.1, 0.15) is 17.5 Å². The average Bonchev–Trinajstić information content (AvgIpc) is 2.71. The number of hydrogen-bond acceptors (Lipinski definition) is 2. The van der Waals surface area contributed by atoms with Crippen molar-refractivity contribution in [3.63, 3.8) is 0 Å². The highest BCUT2D eigenvalue weighted by atomic mass is 32.1. The normalized spacial score (nSPS) is 10.8. The van der Waals surface area contributed by atoms with Gasteiger partial charge >= 0.3 is 0 Å². The van der Waals surface area contributed by atoms with Crippen LogP contribution in [-0.4, -0.2) is 4.98 Å². The molecular weight excluding hydrogens is 247 g/mol. The van der Waals surface area contributed by atoms with Gasteiger partial charge in [-0.1, -0.05) is 6.92 Å². The van der Waals surface area contributed by atoms with Gasteiger partial charge in [0, 0.05) is 35.2 Å². The molecule has 0 unspecified atom stereocenters. The van der Waals surface area contributed by atoms with Crippen molar-refractivity contribution in [1.82, 2.24) is 4.98 Å². The Morgan fingerprint density at radius 3 is 2.35 bits per heavy atom. The van der Waals surface area contributed by atoms with E-state index in [2.05, 4.69) is 4.98 Å². The third-order valence-electron chi connectivity index (χ3n) is 2.36. The molecule has 0 saturated heterocycles. The van der Waals surface area contributed by atoms with Crippen LogP contribution in [-0.2, 0) is 12.8 Å². The molecule has 0 radical (unpaired) electrons. The molecule has 90 valence electrons. The Labute approximate surface area is 101 Å². The molecule has 0 aliphatic carbocycles. The smallest absolute Gasteiger partial charge is 0.132 e. The van der Waals surface area contributed by atoms with E-state index < -0.39 is 17.5 Å². The summed E-state index contributed by atoms with van der Waals surface area (Å²) < 4.78 is 39.5. The molecule has 1 aromatic heterocycles. The summed E-state index contributed by atoms with van der Waals surface area (Å²) in [6.45, 7) is 1.96. The summed E-state index contributed by atoms with van der Waals surface area (Å²) in [6, 6.07) is 1.39. The first-order chi connectivity index (χ1) is 8.10. The van der Waals surface area contributed by atoms with E-state index >= 15 is 0 Å². The molecule has 0 N–H and O–H groups in total. The van der Waals surface area contributed by atoms with Crippen molar-refractivity contribution in [1.29, 1.82) is 0 Å². The summed E-state index contributed by atoms with van der Waals surface area (Å²) >= 11 is 1.41. The highest BCUT2D eigenvalue weighted by Gasteiger charge is 2.13. The van der Waals surface area contributed by atoms with Crippen LogP contribution in [0.15, 0.2) is 18.3 Å². The number of aryl methyl sites for hydroxylation is 1. The molecule has 0 amide bonds. The minimum absolute atomic E-state index is 0.107. The lowest BCUT2D eigenvalue weighted by molar-refractivity contribution is 0.528.